The maximum Gasteiger partial charge on any atom is 0.356 e. The second-order valence-corrected chi connectivity index (χ2v) is 2.96. The topological polar surface area (TPSA) is 88.0 Å². The Hall–Kier alpha value is -1.91. The van der Waals surface area contributed by atoms with Crippen molar-refractivity contribution in [3.05, 3.63) is 23.3 Å². The predicted octanol–water partition coefficient (Wildman–Crippen LogP) is 2.17. The van der Waals surface area contributed by atoms with Gasteiger partial charge in [-0.2, -0.15) is 0 Å². The van der Waals surface area contributed by atoms with E-state index in [2.05, 4.69) is 10.2 Å². The summed E-state index contributed by atoms with van der Waals surface area (Å²) in [6.07, 6.45) is 0. The Morgan fingerprint density at radius 2 is 2.00 bits per heavy atom. The number of amides is 2. The van der Waals surface area contributed by atoms with Crippen LogP contribution in [-0.4, -0.2) is 11.1 Å². The molecular weight excluding hydrogens is 182 g/mol. The fourth-order valence-corrected chi connectivity index (χ4v) is 0.997. The number of hydrogen-bond acceptors (Lipinski definition) is 3. The molecule has 14 heavy (non-hydrogen) atoms. The van der Waals surface area contributed by atoms with Crippen molar-refractivity contribution < 1.29 is 9.90 Å². The van der Waals surface area contributed by atoms with E-state index in [1.807, 2.05) is 0 Å². The predicted molar refractivity (Wildman–Crippen MR) is 51.7 cm³/mol. The van der Waals surface area contributed by atoms with Crippen molar-refractivity contribution >= 4 is 11.7 Å². The Kier molecular flexibility index (Phi) is 2.81. The van der Waals surface area contributed by atoms with E-state index in [0.717, 1.165) is 5.56 Å². The minimum atomic E-state index is -0.838. The van der Waals surface area contributed by atoms with Gasteiger partial charge in [-0.3, -0.25) is 0 Å². The lowest BCUT2D eigenvalue weighted by atomic mass is 10.1. The van der Waals surface area contributed by atoms with Gasteiger partial charge in [0.15, 0.2) is 0 Å². The molecule has 1 aromatic carbocycles. The van der Waals surface area contributed by atoms with E-state index in [1.165, 1.54) is 0 Å². The van der Waals surface area contributed by atoms with E-state index >= 15 is 0 Å². The van der Waals surface area contributed by atoms with Crippen molar-refractivity contribution in [3.8, 4) is 5.75 Å². The largest absolute Gasteiger partial charge is 0.508 e. The zero-order valence-electron chi connectivity index (χ0n) is 7.98. The average molecular weight is 193 g/mol. The molecule has 74 valence electrons. The van der Waals surface area contributed by atoms with Gasteiger partial charge < -0.3 is 10.8 Å². The van der Waals surface area contributed by atoms with Crippen LogP contribution in [0.2, 0.25) is 0 Å². The Balaban J connectivity index is 3.10. The maximum absolute atomic E-state index is 10.3. The van der Waals surface area contributed by atoms with Crippen molar-refractivity contribution in [1.82, 2.24) is 0 Å². The maximum atomic E-state index is 10.3. The SMILES string of the molecule is Cc1cc(N=NC(N)=O)c(C)cc1O. The summed E-state index contributed by atoms with van der Waals surface area (Å²) < 4.78 is 0. The number of azo groups is 1. The molecule has 1 aromatic rings. The van der Waals surface area contributed by atoms with E-state index in [-0.39, 0.29) is 5.75 Å². The fourth-order valence-electron chi connectivity index (χ4n) is 0.997. The van der Waals surface area contributed by atoms with Gasteiger partial charge in [-0.15, -0.1) is 5.11 Å². The number of urea groups is 1. The highest BCUT2D eigenvalue weighted by Crippen LogP contribution is 2.27. The summed E-state index contributed by atoms with van der Waals surface area (Å²) in [7, 11) is 0. The molecule has 3 N–H and O–H groups in total. The second-order valence-electron chi connectivity index (χ2n) is 2.96. The third-order valence-corrected chi connectivity index (χ3v) is 1.77. The lowest BCUT2D eigenvalue weighted by molar-refractivity contribution is 0.255. The number of nitrogens with zero attached hydrogens (tertiary/aromatic N) is 2. The Bertz CT molecular complexity index is 399. The smallest absolute Gasteiger partial charge is 0.356 e. The zero-order valence-corrected chi connectivity index (χ0v) is 7.98. The van der Waals surface area contributed by atoms with Gasteiger partial charge >= 0.3 is 6.03 Å². The number of nitrogens with two attached hydrogens (primary N) is 1. The molecule has 0 aliphatic carbocycles. The van der Waals surface area contributed by atoms with Gasteiger partial charge in [0.25, 0.3) is 0 Å². The standard InChI is InChI=1S/C9H11N3O2/c1-5-4-8(13)6(2)3-7(5)11-12-9(10)14/h3-4,13H,1-2H3,(H2,10,14). The van der Waals surface area contributed by atoms with Gasteiger partial charge in [0.05, 0.1) is 5.69 Å². The van der Waals surface area contributed by atoms with Crippen LogP contribution >= 0.6 is 0 Å². The third-order valence-electron chi connectivity index (χ3n) is 1.77. The van der Waals surface area contributed by atoms with Gasteiger partial charge in [-0.1, -0.05) is 5.11 Å². The normalized spacial score (nSPS) is 10.7. The quantitative estimate of drug-likeness (QED) is 0.669. The second kappa shape index (κ2) is 3.87. The molecule has 0 atom stereocenters. The summed E-state index contributed by atoms with van der Waals surface area (Å²) in [6, 6.07) is 2.36. The minimum absolute atomic E-state index is 0.195. The average Bonchev–Trinajstić information content (AvgIpc) is 2.09. The summed E-state index contributed by atoms with van der Waals surface area (Å²) in [5, 5.41) is 16.2. The Morgan fingerprint density at radius 3 is 2.57 bits per heavy atom. The molecule has 1 rings (SSSR count). The van der Waals surface area contributed by atoms with Crippen LogP contribution in [-0.2, 0) is 0 Å². The molecule has 0 unspecified atom stereocenters. The van der Waals surface area contributed by atoms with E-state index in [0.29, 0.717) is 11.3 Å². The van der Waals surface area contributed by atoms with Crippen molar-refractivity contribution in [2.45, 2.75) is 13.8 Å². The van der Waals surface area contributed by atoms with E-state index < -0.39 is 6.03 Å². The number of phenols is 1. The van der Waals surface area contributed by atoms with Crippen molar-refractivity contribution in [2.24, 2.45) is 16.0 Å². The molecule has 0 radical (unpaired) electrons. The fraction of sp³-hybridized carbons (Fsp3) is 0.222. The lowest BCUT2D eigenvalue weighted by Crippen LogP contribution is -2.01. The highest BCUT2D eigenvalue weighted by molar-refractivity contribution is 5.72. The van der Waals surface area contributed by atoms with Crippen LogP contribution in [0, 0.1) is 13.8 Å². The molecule has 0 bridgehead atoms. The molecule has 5 nitrogen and oxygen atoms in total. The van der Waals surface area contributed by atoms with E-state index in [9.17, 15) is 9.90 Å². The molecule has 0 saturated heterocycles. The van der Waals surface area contributed by atoms with Crippen LogP contribution in [0.5, 0.6) is 5.75 Å². The van der Waals surface area contributed by atoms with Crippen molar-refractivity contribution in [3.63, 3.8) is 0 Å². The van der Waals surface area contributed by atoms with Crippen LogP contribution < -0.4 is 5.73 Å². The Morgan fingerprint density at radius 1 is 1.36 bits per heavy atom. The number of carbonyl (C=O) groups is 1. The van der Waals surface area contributed by atoms with Gasteiger partial charge in [-0.25, -0.2) is 4.79 Å². The van der Waals surface area contributed by atoms with E-state index in [4.69, 9.17) is 5.73 Å². The van der Waals surface area contributed by atoms with Gasteiger partial charge in [-0.05, 0) is 37.1 Å². The highest BCUT2D eigenvalue weighted by atomic mass is 16.3. The van der Waals surface area contributed by atoms with Gasteiger partial charge in [0, 0.05) is 0 Å². The van der Waals surface area contributed by atoms with Crippen LogP contribution in [0.1, 0.15) is 11.1 Å². The first kappa shape index (κ1) is 10.2. The molecule has 0 saturated carbocycles. The Labute approximate surface area is 81.3 Å². The van der Waals surface area contributed by atoms with Gasteiger partial charge in [0.2, 0.25) is 0 Å². The number of primary amides is 1. The molecular formula is C9H11N3O2. The number of rotatable bonds is 1. The molecule has 5 heteroatoms. The van der Waals surface area contributed by atoms with E-state index in [1.54, 1.807) is 26.0 Å². The van der Waals surface area contributed by atoms with Crippen molar-refractivity contribution in [2.75, 3.05) is 0 Å². The molecule has 0 spiro atoms. The number of aromatic hydroxyl groups is 1. The zero-order chi connectivity index (χ0) is 10.7. The monoisotopic (exact) mass is 193 g/mol. The third kappa shape index (κ3) is 2.29. The first-order valence-corrected chi connectivity index (χ1v) is 4.02. The minimum Gasteiger partial charge on any atom is -0.508 e. The molecule has 0 aromatic heterocycles. The number of phenolic OH excluding ortho intramolecular Hbond substituents is 1. The van der Waals surface area contributed by atoms with Crippen molar-refractivity contribution in [1.29, 1.82) is 0 Å². The first-order chi connectivity index (χ1) is 6.50. The molecule has 0 aliphatic heterocycles. The number of benzene rings is 1. The highest BCUT2D eigenvalue weighted by Gasteiger charge is 2.02. The number of hydrogen-bond donors (Lipinski definition) is 2. The number of aryl methyl sites for hydroxylation is 2. The molecule has 0 fully saturated rings. The molecule has 2 amide bonds. The summed E-state index contributed by atoms with van der Waals surface area (Å²) in [5.74, 6) is 0.195. The summed E-state index contributed by atoms with van der Waals surface area (Å²) >= 11 is 0. The summed E-state index contributed by atoms with van der Waals surface area (Å²) in [6.45, 7) is 3.49. The van der Waals surface area contributed by atoms with Crippen LogP contribution in [0.15, 0.2) is 22.4 Å². The molecule has 0 heterocycles. The lowest BCUT2D eigenvalue weighted by Gasteiger charge is -2.02. The summed E-state index contributed by atoms with van der Waals surface area (Å²) in [5.41, 5.74) is 6.75. The van der Waals surface area contributed by atoms with Crippen LogP contribution in [0.3, 0.4) is 0 Å². The molecule has 0 aliphatic rings. The summed E-state index contributed by atoms with van der Waals surface area (Å²) in [4.78, 5) is 10.3. The number of carbonyl (C=O) groups excluding carboxylic acids is 1. The van der Waals surface area contributed by atoms with Crippen LogP contribution in [0.25, 0.3) is 0 Å². The first-order valence-electron chi connectivity index (χ1n) is 4.02. The van der Waals surface area contributed by atoms with Crippen LogP contribution in [0.4, 0.5) is 10.5 Å². The van der Waals surface area contributed by atoms with Gasteiger partial charge in [0.1, 0.15) is 5.75 Å².